The third-order valence-corrected chi connectivity index (χ3v) is 3.44. The smallest absolute Gasteiger partial charge is 0.256 e. The molecule has 0 amide bonds. The zero-order chi connectivity index (χ0) is 15.0. The Morgan fingerprint density at radius 3 is 2.52 bits per heavy atom. The predicted molar refractivity (Wildman–Crippen MR) is 77.3 cm³/mol. The summed E-state index contributed by atoms with van der Waals surface area (Å²) in [5, 5.41) is 1.04. The lowest BCUT2D eigenvalue weighted by atomic mass is 10.1. The van der Waals surface area contributed by atoms with Crippen LogP contribution in [0.2, 0.25) is 5.15 Å². The molecule has 0 bridgehead atoms. The largest absolute Gasteiger partial charge is 0.272 e. The highest BCUT2D eigenvalue weighted by Crippen LogP contribution is 2.31. The molecule has 0 radical (unpaired) electrons. The summed E-state index contributed by atoms with van der Waals surface area (Å²) in [5.41, 5.74) is 1.68. The molecule has 0 unspecified atom stereocenters. The zero-order valence-corrected chi connectivity index (χ0v) is 11.8. The molecule has 3 nitrogen and oxygen atoms in total. The van der Waals surface area contributed by atoms with Crippen molar-refractivity contribution in [2.24, 2.45) is 0 Å². The summed E-state index contributed by atoms with van der Waals surface area (Å²) >= 11 is 6.03. The molecule has 0 saturated carbocycles. The molecule has 6 heteroatoms. The number of nitrogens with zero attached hydrogens (tertiary/aromatic N) is 3. The highest BCUT2D eigenvalue weighted by Gasteiger charge is 2.24. The van der Waals surface area contributed by atoms with Gasteiger partial charge in [-0.25, -0.2) is 13.8 Å². The first kappa shape index (κ1) is 13.8. The maximum absolute atomic E-state index is 13.2. The van der Waals surface area contributed by atoms with Crippen molar-refractivity contribution in [2.75, 3.05) is 0 Å². The fourth-order valence-corrected chi connectivity index (χ4v) is 2.24. The van der Waals surface area contributed by atoms with Crippen LogP contribution in [-0.4, -0.2) is 15.0 Å². The number of alkyl halides is 2. The molecular formula is C15H10ClF2N3. The second kappa shape index (κ2) is 5.00. The molecule has 0 spiro atoms. The summed E-state index contributed by atoms with van der Waals surface area (Å²) in [5.74, 6) is -2.91. The molecule has 0 saturated heterocycles. The highest BCUT2D eigenvalue weighted by molar-refractivity contribution is 6.34. The minimum Gasteiger partial charge on any atom is -0.256 e. The van der Waals surface area contributed by atoms with Crippen LogP contribution >= 0.6 is 11.6 Å². The van der Waals surface area contributed by atoms with Crippen molar-refractivity contribution < 1.29 is 8.78 Å². The maximum Gasteiger partial charge on any atom is 0.272 e. The summed E-state index contributed by atoms with van der Waals surface area (Å²) < 4.78 is 26.4. The first-order valence-electron chi connectivity index (χ1n) is 6.21. The van der Waals surface area contributed by atoms with Gasteiger partial charge < -0.3 is 0 Å². The second-order valence-corrected chi connectivity index (χ2v) is 5.04. The van der Waals surface area contributed by atoms with E-state index in [1.807, 2.05) is 0 Å². The maximum atomic E-state index is 13.2. The van der Waals surface area contributed by atoms with Crippen molar-refractivity contribution >= 4 is 22.5 Å². The van der Waals surface area contributed by atoms with Crippen molar-refractivity contribution in [1.29, 1.82) is 0 Å². The van der Waals surface area contributed by atoms with E-state index in [2.05, 4.69) is 15.0 Å². The van der Waals surface area contributed by atoms with E-state index in [1.54, 1.807) is 24.5 Å². The van der Waals surface area contributed by atoms with Crippen LogP contribution in [0.25, 0.3) is 22.2 Å². The van der Waals surface area contributed by atoms with E-state index in [0.29, 0.717) is 27.3 Å². The lowest BCUT2D eigenvalue weighted by Gasteiger charge is -2.11. The fraction of sp³-hybridized carbons (Fsp3) is 0.133. The Labute approximate surface area is 124 Å². The molecule has 106 valence electrons. The summed E-state index contributed by atoms with van der Waals surface area (Å²) in [4.78, 5) is 12.5. The molecule has 3 rings (SSSR count). The van der Waals surface area contributed by atoms with Crippen LogP contribution in [0.3, 0.4) is 0 Å². The van der Waals surface area contributed by atoms with Gasteiger partial charge in [-0.2, -0.15) is 0 Å². The van der Waals surface area contributed by atoms with Gasteiger partial charge >= 0.3 is 0 Å². The average molecular weight is 306 g/mol. The van der Waals surface area contributed by atoms with E-state index >= 15 is 0 Å². The van der Waals surface area contributed by atoms with Crippen LogP contribution in [0.15, 0.2) is 42.9 Å². The van der Waals surface area contributed by atoms with E-state index in [-0.39, 0.29) is 5.56 Å². The molecule has 3 aromatic rings. The Bertz CT molecular complexity index is 798. The van der Waals surface area contributed by atoms with Gasteiger partial charge in [0.25, 0.3) is 5.92 Å². The van der Waals surface area contributed by atoms with Crippen LogP contribution in [0.4, 0.5) is 8.78 Å². The van der Waals surface area contributed by atoms with E-state index in [1.165, 1.54) is 18.3 Å². The predicted octanol–water partition coefficient (Wildman–Crippen LogP) is 4.46. The van der Waals surface area contributed by atoms with Crippen LogP contribution < -0.4 is 0 Å². The highest BCUT2D eigenvalue weighted by atomic mass is 35.5. The van der Waals surface area contributed by atoms with Gasteiger partial charge in [0.1, 0.15) is 5.15 Å². The van der Waals surface area contributed by atoms with Crippen LogP contribution in [0, 0.1) is 0 Å². The normalized spacial score (nSPS) is 11.8. The number of hydrogen-bond acceptors (Lipinski definition) is 3. The van der Waals surface area contributed by atoms with Gasteiger partial charge in [0.2, 0.25) is 0 Å². The van der Waals surface area contributed by atoms with Crippen molar-refractivity contribution in [3.05, 3.63) is 53.6 Å². The summed E-state index contributed by atoms with van der Waals surface area (Å²) in [6.07, 6.45) is 4.35. The van der Waals surface area contributed by atoms with Crippen molar-refractivity contribution in [3.63, 3.8) is 0 Å². The third kappa shape index (κ3) is 2.56. The Kier molecular flexibility index (Phi) is 3.29. The molecule has 0 aliphatic carbocycles. The number of hydrogen-bond donors (Lipinski definition) is 0. The lowest BCUT2D eigenvalue weighted by Crippen LogP contribution is -2.07. The summed E-state index contributed by atoms with van der Waals surface area (Å²) in [7, 11) is 0. The van der Waals surface area contributed by atoms with Gasteiger partial charge in [-0.3, -0.25) is 9.97 Å². The molecule has 3 heterocycles. The molecule has 21 heavy (non-hydrogen) atoms. The van der Waals surface area contributed by atoms with Gasteiger partial charge in [-0.15, -0.1) is 0 Å². The van der Waals surface area contributed by atoms with Gasteiger partial charge in [0.15, 0.2) is 0 Å². The zero-order valence-electron chi connectivity index (χ0n) is 11.0. The number of halogens is 3. The Balaban J connectivity index is 2.15. The van der Waals surface area contributed by atoms with E-state index < -0.39 is 5.92 Å². The lowest BCUT2D eigenvalue weighted by molar-refractivity contribution is 0.0171. The van der Waals surface area contributed by atoms with Crippen LogP contribution in [-0.2, 0) is 5.92 Å². The molecule has 3 aromatic heterocycles. The van der Waals surface area contributed by atoms with Gasteiger partial charge in [-0.1, -0.05) is 11.6 Å². The van der Waals surface area contributed by atoms with Crippen molar-refractivity contribution in [2.45, 2.75) is 12.8 Å². The molecular weight excluding hydrogens is 296 g/mol. The van der Waals surface area contributed by atoms with E-state index in [4.69, 9.17) is 11.6 Å². The standard InChI is InChI=1S/C15H10ClF2N3/c1-15(17,18)9-4-5-12(20-7-9)11-8-21-14(16)10-3-2-6-19-13(10)11/h2-8H,1H3. The number of fused-ring (bicyclic) bond motifs is 1. The Hall–Kier alpha value is -2.14. The second-order valence-electron chi connectivity index (χ2n) is 4.68. The van der Waals surface area contributed by atoms with Crippen LogP contribution in [0.5, 0.6) is 0 Å². The Morgan fingerprint density at radius 2 is 1.86 bits per heavy atom. The third-order valence-electron chi connectivity index (χ3n) is 3.14. The minimum atomic E-state index is -2.91. The average Bonchev–Trinajstić information content (AvgIpc) is 2.47. The monoisotopic (exact) mass is 305 g/mol. The van der Waals surface area contributed by atoms with Gasteiger partial charge in [-0.05, 0) is 24.3 Å². The number of aromatic nitrogens is 3. The van der Waals surface area contributed by atoms with Crippen molar-refractivity contribution in [3.8, 4) is 11.3 Å². The van der Waals surface area contributed by atoms with Gasteiger partial charge in [0, 0.05) is 42.0 Å². The summed E-state index contributed by atoms with van der Waals surface area (Å²) in [6.45, 7) is 0.838. The minimum absolute atomic E-state index is 0.134. The number of rotatable bonds is 2. The molecule has 0 atom stereocenters. The molecule has 0 fully saturated rings. The molecule has 0 aliphatic rings. The first-order valence-corrected chi connectivity index (χ1v) is 6.58. The molecule has 0 aromatic carbocycles. The molecule has 0 aliphatic heterocycles. The fourth-order valence-electron chi connectivity index (χ4n) is 2.04. The summed E-state index contributed by atoms with van der Waals surface area (Å²) in [6, 6.07) is 6.45. The van der Waals surface area contributed by atoms with Crippen LogP contribution in [0.1, 0.15) is 12.5 Å². The first-order chi connectivity index (χ1) is 9.97. The van der Waals surface area contributed by atoms with E-state index in [9.17, 15) is 8.78 Å². The molecule has 0 N–H and O–H groups in total. The van der Waals surface area contributed by atoms with Crippen molar-refractivity contribution in [1.82, 2.24) is 15.0 Å². The van der Waals surface area contributed by atoms with E-state index in [0.717, 1.165) is 6.92 Å². The number of pyridine rings is 3. The Morgan fingerprint density at radius 1 is 1.05 bits per heavy atom. The van der Waals surface area contributed by atoms with Gasteiger partial charge in [0.05, 0.1) is 11.2 Å². The SMILES string of the molecule is CC(F)(F)c1ccc(-c2cnc(Cl)c3cccnc23)nc1. The quantitative estimate of drug-likeness (QED) is 0.656. The topological polar surface area (TPSA) is 38.7 Å².